The molecule has 1 aliphatic rings. The largest absolute Gasteiger partial charge is 0.492 e. The number of rotatable bonds is 5. The van der Waals surface area contributed by atoms with Crippen LogP contribution in [0.4, 0.5) is 0 Å². The zero-order chi connectivity index (χ0) is 14.5. The van der Waals surface area contributed by atoms with E-state index in [-0.39, 0.29) is 0 Å². The zero-order valence-electron chi connectivity index (χ0n) is 12.0. The molecule has 2 nitrogen and oxygen atoms in total. The highest BCUT2D eigenvalue weighted by Crippen LogP contribution is 2.29. The lowest BCUT2D eigenvalue weighted by Crippen LogP contribution is -2.28. The van der Waals surface area contributed by atoms with Crippen LogP contribution in [0.15, 0.2) is 53.0 Å². The monoisotopic (exact) mass is 345 g/mol. The first-order chi connectivity index (χ1) is 10.3. The number of hydrogen-bond acceptors (Lipinski definition) is 2. The molecule has 0 heterocycles. The Balaban J connectivity index is 1.49. The summed E-state index contributed by atoms with van der Waals surface area (Å²) in [6, 6.07) is 17.2. The molecule has 21 heavy (non-hydrogen) atoms. The highest BCUT2D eigenvalue weighted by molar-refractivity contribution is 9.10. The maximum Gasteiger partial charge on any atom is 0.119 e. The smallest absolute Gasteiger partial charge is 0.119 e. The van der Waals surface area contributed by atoms with Gasteiger partial charge in [-0.15, -0.1) is 0 Å². The molecule has 110 valence electrons. The van der Waals surface area contributed by atoms with E-state index in [0.29, 0.717) is 12.6 Å². The van der Waals surface area contributed by atoms with Crippen LogP contribution in [0.2, 0.25) is 0 Å². The van der Waals surface area contributed by atoms with Crippen molar-refractivity contribution >= 4 is 15.9 Å². The van der Waals surface area contributed by atoms with Gasteiger partial charge in [0.05, 0.1) is 0 Å². The number of benzene rings is 2. The van der Waals surface area contributed by atoms with Gasteiger partial charge in [0.1, 0.15) is 12.4 Å². The maximum atomic E-state index is 5.76. The highest BCUT2D eigenvalue weighted by atomic mass is 79.9. The fourth-order valence-electron chi connectivity index (χ4n) is 2.90. The average Bonchev–Trinajstić information content (AvgIpc) is 2.53. The fourth-order valence-corrected chi connectivity index (χ4v) is 3.16. The SMILES string of the molecule is Brc1ccc(OCCNC2CCCc3ccccc32)cc1. The van der Waals surface area contributed by atoms with Crippen molar-refractivity contribution in [2.24, 2.45) is 0 Å². The minimum Gasteiger partial charge on any atom is -0.492 e. The van der Waals surface area contributed by atoms with Crippen molar-refractivity contribution in [1.29, 1.82) is 0 Å². The van der Waals surface area contributed by atoms with Crippen molar-refractivity contribution in [2.45, 2.75) is 25.3 Å². The molecular weight excluding hydrogens is 326 g/mol. The number of ether oxygens (including phenoxy) is 1. The minimum absolute atomic E-state index is 0.475. The Morgan fingerprint density at radius 1 is 1.10 bits per heavy atom. The first kappa shape index (κ1) is 14.6. The maximum absolute atomic E-state index is 5.76. The summed E-state index contributed by atoms with van der Waals surface area (Å²) in [4.78, 5) is 0. The van der Waals surface area contributed by atoms with Gasteiger partial charge in [-0.1, -0.05) is 40.2 Å². The third-order valence-electron chi connectivity index (χ3n) is 3.94. The zero-order valence-corrected chi connectivity index (χ0v) is 13.6. The van der Waals surface area contributed by atoms with Gasteiger partial charge in [0.25, 0.3) is 0 Å². The van der Waals surface area contributed by atoms with Gasteiger partial charge in [-0.05, 0) is 54.7 Å². The standard InChI is InChI=1S/C18H20BrNO/c19-15-8-10-16(11-9-15)21-13-12-20-18-7-3-5-14-4-1-2-6-17(14)18/h1-2,4,6,8-11,18,20H,3,5,7,12-13H2. The van der Waals surface area contributed by atoms with E-state index in [2.05, 4.69) is 45.5 Å². The number of halogens is 1. The molecule has 1 N–H and O–H groups in total. The van der Waals surface area contributed by atoms with Gasteiger partial charge in [0.2, 0.25) is 0 Å². The summed E-state index contributed by atoms with van der Waals surface area (Å²) < 4.78 is 6.83. The topological polar surface area (TPSA) is 21.3 Å². The molecule has 0 aliphatic heterocycles. The van der Waals surface area contributed by atoms with Gasteiger partial charge in [-0.3, -0.25) is 0 Å². The number of hydrogen-bond donors (Lipinski definition) is 1. The van der Waals surface area contributed by atoms with Gasteiger partial charge in [-0.2, -0.15) is 0 Å². The van der Waals surface area contributed by atoms with Gasteiger partial charge in [0, 0.05) is 17.1 Å². The third-order valence-corrected chi connectivity index (χ3v) is 4.47. The van der Waals surface area contributed by atoms with E-state index >= 15 is 0 Å². The molecular formula is C18H20BrNO. The molecule has 2 aromatic rings. The van der Waals surface area contributed by atoms with Crippen molar-refractivity contribution in [3.8, 4) is 5.75 Å². The molecule has 1 aliphatic carbocycles. The molecule has 0 aromatic heterocycles. The first-order valence-corrected chi connectivity index (χ1v) is 8.32. The predicted octanol–water partition coefficient (Wildman–Crippen LogP) is 4.50. The second-order valence-electron chi connectivity index (χ2n) is 5.40. The van der Waals surface area contributed by atoms with Crippen LogP contribution in [0.1, 0.15) is 30.0 Å². The molecule has 1 unspecified atom stereocenters. The summed E-state index contributed by atoms with van der Waals surface area (Å²) >= 11 is 3.43. The Kier molecular flexibility index (Phi) is 4.94. The van der Waals surface area contributed by atoms with E-state index in [1.54, 1.807) is 0 Å². The molecule has 0 amide bonds. The van der Waals surface area contributed by atoms with E-state index in [1.807, 2.05) is 24.3 Å². The molecule has 0 spiro atoms. The van der Waals surface area contributed by atoms with E-state index in [9.17, 15) is 0 Å². The Morgan fingerprint density at radius 3 is 2.76 bits per heavy atom. The molecule has 2 aromatic carbocycles. The normalized spacial score (nSPS) is 17.3. The van der Waals surface area contributed by atoms with Gasteiger partial charge in [0.15, 0.2) is 0 Å². The second kappa shape index (κ2) is 7.10. The van der Waals surface area contributed by atoms with Crippen LogP contribution >= 0.6 is 15.9 Å². The summed E-state index contributed by atoms with van der Waals surface area (Å²) in [6.07, 6.45) is 3.70. The van der Waals surface area contributed by atoms with Gasteiger partial charge < -0.3 is 10.1 Å². The molecule has 1 atom stereocenters. The number of aryl methyl sites for hydroxylation is 1. The number of fused-ring (bicyclic) bond motifs is 1. The van der Waals surface area contributed by atoms with Crippen LogP contribution in [-0.2, 0) is 6.42 Å². The highest BCUT2D eigenvalue weighted by Gasteiger charge is 2.18. The van der Waals surface area contributed by atoms with Crippen molar-refractivity contribution in [2.75, 3.05) is 13.2 Å². The Hall–Kier alpha value is -1.32. The summed E-state index contributed by atoms with van der Waals surface area (Å²) in [7, 11) is 0. The molecule has 0 saturated carbocycles. The Morgan fingerprint density at radius 2 is 1.90 bits per heavy atom. The fraction of sp³-hybridized carbons (Fsp3) is 0.333. The van der Waals surface area contributed by atoms with Crippen molar-refractivity contribution < 1.29 is 4.74 Å². The van der Waals surface area contributed by atoms with Crippen LogP contribution in [0.25, 0.3) is 0 Å². The molecule has 0 saturated heterocycles. The summed E-state index contributed by atoms with van der Waals surface area (Å²) in [5.41, 5.74) is 2.96. The Labute approximate surface area is 134 Å². The van der Waals surface area contributed by atoms with Crippen molar-refractivity contribution in [1.82, 2.24) is 5.32 Å². The minimum atomic E-state index is 0.475. The van der Waals surface area contributed by atoms with Crippen LogP contribution in [-0.4, -0.2) is 13.2 Å². The van der Waals surface area contributed by atoms with Crippen LogP contribution in [0, 0.1) is 0 Å². The lowest BCUT2D eigenvalue weighted by Gasteiger charge is -2.26. The summed E-state index contributed by atoms with van der Waals surface area (Å²) in [6.45, 7) is 1.56. The number of nitrogens with one attached hydrogen (secondary N) is 1. The summed E-state index contributed by atoms with van der Waals surface area (Å²) in [5, 5.41) is 3.63. The molecule has 3 rings (SSSR count). The lowest BCUT2D eigenvalue weighted by molar-refractivity contribution is 0.300. The van der Waals surface area contributed by atoms with Crippen LogP contribution in [0.5, 0.6) is 5.75 Å². The van der Waals surface area contributed by atoms with Gasteiger partial charge in [-0.25, -0.2) is 0 Å². The van der Waals surface area contributed by atoms with Crippen molar-refractivity contribution in [3.63, 3.8) is 0 Å². The third kappa shape index (κ3) is 3.86. The van der Waals surface area contributed by atoms with E-state index in [4.69, 9.17) is 4.74 Å². The Bertz CT molecular complexity index is 582. The van der Waals surface area contributed by atoms with E-state index in [0.717, 1.165) is 16.8 Å². The first-order valence-electron chi connectivity index (χ1n) is 7.52. The quantitative estimate of drug-likeness (QED) is 0.805. The van der Waals surface area contributed by atoms with Gasteiger partial charge >= 0.3 is 0 Å². The lowest BCUT2D eigenvalue weighted by atomic mass is 9.88. The van der Waals surface area contributed by atoms with Crippen molar-refractivity contribution in [3.05, 3.63) is 64.1 Å². The van der Waals surface area contributed by atoms with E-state index in [1.165, 1.54) is 30.4 Å². The summed E-state index contributed by atoms with van der Waals surface area (Å²) in [5.74, 6) is 0.920. The molecule has 3 heteroatoms. The molecule has 0 bridgehead atoms. The molecule has 0 fully saturated rings. The van der Waals surface area contributed by atoms with Crippen LogP contribution < -0.4 is 10.1 Å². The van der Waals surface area contributed by atoms with Crippen LogP contribution in [0.3, 0.4) is 0 Å². The average molecular weight is 346 g/mol. The van der Waals surface area contributed by atoms with E-state index < -0.39 is 0 Å². The predicted molar refractivity (Wildman–Crippen MR) is 89.8 cm³/mol. The second-order valence-corrected chi connectivity index (χ2v) is 6.32. The molecule has 0 radical (unpaired) electrons.